The predicted molar refractivity (Wildman–Crippen MR) is 39.2 cm³/mol. The van der Waals surface area contributed by atoms with E-state index in [0.717, 1.165) is 6.92 Å². The second-order valence-electron chi connectivity index (χ2n) is 1.54. The van der Waals surface area contributed by atoms with Crippen molar-refractivity contribution in [3.05, 3.63) is 0 Å². The number of hydrogen-bond donors (Lipinski definition) is 4. The normalized spacial score (nSPS) is 7.73. The Morgan fingerprint density at radius 3 is 1.55 bits per heavy atom. The quantitative estimate of drug-likeness (QED) is 0.381. The Balaban J connectivity index is -0.000000114. The molecule has 0 aromatic rings. The van der Waals surface area contributed by atoms with Crippen molar-refractivity contribution in [2.45, 2.75) is 13.0 Å². The zero-order valence-electron chi connectivity index (χ0n) is 6.40. The van der Waals surface area contributed by atoms with Gasteiger partial charge >= 0.3 is 37.7 Å². The molecule has 0 atom stereocenters. The van der Waals surface area contributed by atoms with Gasteiger partial charge in [-0.3, -0.25) is 4.79 Å². The van der Waals surface area contributed by atoms with Crippen LogP contribution in [0.25, 0.3) is 0 Å². The van der Waals surface area contributed by atoms with Crippen LogP contribution in [0.15, 0.2) is 0 Å². The fourth-order valence-electron chi connectivity index (χ4n) is 0.0577. The van der Waals surface area contributed by atoms with Gasteiger partial charge in [0.1, 0.15) is 6.10 Å². The number of rotatable bonds is 2. The van der Waals surface area contributed by atoms with Crippen LogP contribution in [0.2, 0.25) is 0 Å². The topological polar surface area (TPSA) is 98.0 Å². The van der Waals surface area contributed by atoms with Crippen LogP contribution in [-0.2, 0) is 4.79 Å². The summed E-state index contributed by atoms with van der Waals surface area (Å²) < 4.78 is 0. The van der Waals surface area contributed by atoms with Crippen LogP contribution < -0.4 is 0 Å². The Kier molecular flexibility index (Phi) is 21.2. The van der Waals surface area contributed by atoms with E-state index in [9.17, 15) is 0 Å². The molecule has 0 unspecified atom stereocenters. The number of aliphatic hydroxyl groups is 3. The summed E-state index contributed by atoms with van der Waals surface area (Å²) >= 11 is 0. The monoisotopic (exact) mass is 192 g/mol. The summed E-state index contributed by atoms with van der Waals surface area (Å²) in [4.78, 5) is 9.00. The molecule has 0 saturated carbocycles. The third kappa shape index (κ3) is 37.0. The third-order valence-corrected chi connectivity index (χ3v) is 0.421. The average molecular weight is 192 g/mol. The molecule has 0 rings (SSSR count). The van der Waals surface area contributed by atoms with E-state index in [2.05, 4.69) is 0 Å². The van der Waals surface area contributed by atoms with Crippen LogP contribution in [0.1, 0.15) is 6.92 Å². The van der Waals surface area contributed by atoms with Crippen molar-refractivity contribution in [2.24, 2.45) is 0 Å². The number of carboxylic acids is 1. The molecule has 0 aliphatic carbocycles. The zero-order valence-corrected chi connectivity index (χ0v) is 8.60. The van der Waals surface area contributed by atoms with Crippen molar-refractivity contribution in [1.29, 1.82) is 0 Å². The zero-order chi connectivity index (χ0) is 8.57. The summed E-state index contributed by atoms with van der Waals surface area (Å²) in [6, 6.07) is 0. The molecule has 4 N–H and O–H groups in total. The molecular formula is C5H12CaO5+2. The molecule has 11 heavy (non-hydrogen) atoms. The molecule has 0 aliphatic heterocycles. The van der Waals surface area contributed by atoms with Gasteiger partial charge in [-0.1, -0.05) is 0 Å². The summed E-state index contributed by atoms with van der Waals surface area (Å²) in [5.74, 6) is -0.833. The molecule has 0 amide bonds. The van der Waals surface area contributed by atoms with E-state index >= 15 is 0 Å². The van der Waals surface area contributed by atoms with E-state index in [0.29, 0.717) is 0 Å². The molecule has 0 aromatic carbocycles. The molecule has 0 aromatic heterocycles. The van der Waals surface area contributed by atoms with Crippen LogP contribution in [0.3, 0.4) is 0 Å². The first-order valence-electron chi connectivity index (χ1n) is 2.63. The van der Waals surface area contributed by atoms with Crippen LogP contribution in [0.4, 0.5) is 0 Å². The maximum absolute atomic E-state index is 9.00. The summed E-state index contributed by atoms with van der Waals surface area (Å²) in [5, 5.41) is 31.4. The molecular weight excluding hydrogens is 180 g/mol. The molecule has 0 bridgehead atoms. The number of aliphatic hydroxyl groups excluding tert-OH is 3. The SMILES string of the molecule is CC(=O)O.OCC(O)CO.[Ca+2]. The van der Waals surface area contributed by atoms with E-state index in [-0.39, 0.29) is 51.0 Å². The predicted octanol–water partition coefficient (Wildman–Crippen LogP) is -1.96. The molecule has 0 fully saturated rings. The molecule has 0 radical (unpaired) electrons. The van der Waals surface area contributed by atoms with Crippen LogP contribution >= 0.6 is 0 Å². The Morgan fingerprint density at radius 2 is 1.55 bits per heavy atom. The molecule has 0 saturated heterocycles. The summed E-state index contributed by atoms with van der Waals surface area (Å²) in [5.41, 5.74) is 0. The standard InChI is InChI=1S/C3H8O3.C2H4O2.Ca/c4-1-3(6)2-5;1-2(3)4;/h3-6H,1-2H2;1H3,(H,3,4);/q;;+2. The maximum Gasteiger partial charge on any atom is 2.00 e. The smallest absolute Gasteiger partial charge is 0.481 e. The largest absolute Gasteiger partial charge is 2.00 e. The van der Waals surface area contributed by atoms with Gasteiger partial charge in [0.15, 0.2) is 0 Å². The Morgan fingerprint density at radius 1 is 1.36 bits per heavy atom. The van der Waals surface area contributed by atoms with Gasteiger partial charge in [0.2, 0.25) is 0 Å². The first-order valence-corrected chi connectivity index (χ1v) is 2.63. The van der Waals surface area contributed by atoms with Crippen LogP contribution in [0.5, 0.6) is 0 Å². The van der Waals surface area contributed by atoms with E-state index in [1.54, 1.807) is 0 Å². The fraction of sp³-hybridized carbons (Fsp3) is 0.800. The number of carboxylic acid groups (broad SMARTS) is 1. The third-order valence-electron chi connectivity index (χ3n) is 0.421. The number of aliphatic carboxylic acids is 1. The second-order valence-corrected chi connectivity index (χ2v) is 1.54. The van der Waals surface area contributed by atoms with Crippen LogP contribution in [-0.4, -0.2) is 83.5 Å². The van der Waals surface area contributed by atoms with Gasteiger partial charge in [-0.2, -0.15) is 0 Å². The van der Waals surface area contributed by atoms with E-state index in [4.69, 9.17) is 25.2 Å². The maximum atomic E-state index is 9.00. The van der Waals surface area contributed by atoms with Crippen LogP contribution in [0, 0.1) is 0 Å². The van der Waals surface area contributed by atoms with Crippen molar-refractivity contribution in [1.82, 2.24) is 0 Å². The van der Waals surface area contributed by atoms with Crippen molar-refractivity contribution in [3.8, 4) is 0 Å². The minimum Gasteiger partial charge on any atom is -0.481 e. The average Bonchev–Trinajstić information content (AvgIpc) is 1.85. The minimum absolute atomic E-state index is 0. The number of carbonyl (C=O) groups is 1. The molecule has 62 valence electrons. The van der Waals surface area contributed by atoms with E-state index in [1.807, 2.05) is 0 Å². The molecule has 6 heteroatoms. The fourth-order valence-corrected chi connectivity index (χ4v) is 0.0577. The first-order chi connectivity index (χ1) is 4.54. The van der Waals surface area contributed by atoms with E-state index < -0.39 is 12.1 Å². The molecule has 5 nitrogen and oxygen atoms in total. The Bertz CT molecular complexity index is 78.9. The first kappa shape index (κ1) is 17.6. The van der Waals surface area contributed by atoms with Gasteiger partial charge in [-0.15, -0.1) is 0 Å². The van der Waals surface area contributed by atoms with Crippen molar-refractivity contribution in [3.63, 3.8) is 0 Å². The van der Waals surface area contributed by atoms with Gasteiger partial charge in [-0.05, 0) is 0 Å². The van der Waals surface area contributed by atoms with E-state index in [1.165, 1.54) is 0 Å². The Labute approximate surface area is 94.7 Å². The number of hydrogen-bond acceptors (Lipinski definition) is 4. The van der Waals surface area contributed by atoms with Gasteiger partial charge in [0.05, 0.1) is 13.2 Å². The summed E-state index contributed by atoms with van der Waals surface area (Å²) in [6.07, 6.45) is -0.954. The minimum atomic E-state index is -0.954. The molecule has 0 spiro atoms. The van der Waals surface area contributed by atoms with Gasteiger partial charge in [0.25, 0.3) is 5.97 Å². The second kappa shape index (κ2) is 13.2. The summed E-state index contributed by atoms with van der Waals surface area (Å²) in [6.45, 7) is 0.354. The van der Waals surface area contributed by atoms with Crippen molar-refractivity contribution >= 4 is 43.7 Å². The van der Waals surface area contributed by atoms with Gasteiger partial charge in [0, 0.05) is 6.92 Å². The van der Waals surface area contributed by atoms with Crippen molar-refractivity contribution < 1.29 is 25.2 Å². The molecule has 0 aliphatic rings. The Hall–Kier alpha value is 0.610. The van der Waals surface area contributed by atoms with Gasteiger partial charge < -0.3 is 20.4 Å². The molecule has 0 heterocycles. The summed E-state index contributed by atoms with van der Waals surface area (Å²) in [7, 11) is 0. The van der Waals surface area contributed by atoms with Crippen molar-refractivity contribution in [2.75, 3.05) is 13.2 Å². The van der Waals surface area contributed by atoms with Gasteiger partial charge in [-0.25, -0.2) is 0 Å².